The van der Waals surface area contributed by atoms with Crippen molar-refractivity contribution in [1.29, 1.82) is 0 Å². The highest BCUT2D eigenvalue weighted by Gasteiger charge is 2.00. The van der Waals surface area contributed by atoms with Crippen LogP contribution in [0.4, 0.5) is 0 Å². The summed E-state index contributed by atoms with van der Waals surface area (Å²) in [6, 6.07) is 0. The predicted molar refractivity (Wildman–Crippen MR) is 46.6 cm³/mol. The summed E-state index contributed by atoms with van der Waals surface area (Å²) >= 11 is 0. The minimum absolute atomic E-state index is 0.0511. The second kappa shape index (κ2) is 6.94. The molecule has 0 aromatic carbocycles. The van der Waals surface area contributed by atoms with Crippen LogP contribution in [0.25, 0.3) is 0 Å². The van der Waals surface area contributed by atoms with Crippen LogP contribution in [0.5, 0.6) is 0 Å². The van der Waals surface area contributed by atoms with Crippen molar-refractivity contribution in [2.24, 2.45) is 11.5 Å². The Balaban J connectivity index is 3.21. The van der Waals surface area contributed by atoms with E-state index in [2.05, 4.69) is 0 Å². The van der Waals surface area contributed by atoms with Crippen molar-refractivity contribution >= 4 is 11.6 Å². The molecule has 0 bridgehead atoms. The van der Waals surface area contributed by atoms with Gasteiger partial charge in [-0.15, -0.1) is 0 Å². The number of Topliss-reactive ketones (excluding diaryl/α,β-unsaturated/α-hetero) is 2. The molecule has 0 radical (unpaired) electrons. The molecule has 0 aliphatic heterocycles. The van der Waals surface area contributed by atoms with Gasteiger partial charge in [-0.1, -0.05) is 0 Å². The Bertz CT molecular complexity index is 139. The Hall–Kier alpha value is -0.740. The van der Waals surface area contributed by atoms with Crippen molar-refractivity contribution in [1.82, 2.24) is 0 Å². The quantitative estimate of drug-likeness (QED) is 0.512. The first-order valence-electron chi connectivity index (χ1n) is 4.14. The lowest BCUT2D eigenvalue weighted by Gasteiger charge is -1.97. The van der Waals surface area contributed by atoms with Crippen LogP contribution in [-0.4, -0.2) is 24.7 Å². The summed E-state index contributed by atoms with van der Waals surface area (Å²) in [5.74, 6) is 0.102. The molecule has 4 N–H and O–H groups in total. The van der Waals surface area contributed by atoms with E-state index in [-0.39, 0.29) is 24.7 Å². The third kappa shape index (κ3) is 6.00. The van der Waals surface area contributed by atoms with Crippen molar-refractivity contribution in [3.05, 3.63) is 0 Å². The number of hydrogen-bond acceptors (Lipinski definition) is 4. The van der Waals surface area contributed by atoms with Crippen molar-refractivity contribution in [3.8, 4) is 0 Å². The minimum Gasteiger partial charge on any atom is -0.324 e. The third-order valence-corrected chi connectivity index (χ3v) is 1.62. The molecule has 0 saturated heterocycles. The smallest absolute Gasteiger partial charge is 0.146 e. The van der Waals surface area contributed by atoms with Crippen LogP contribution in [-0.2, 0) is 9.59 Å². The monoisotopic (exact) mass is 172 g/mol. The molecule has 70 valence electrons. The SMILES string of the molecule is NCC(=O)CCCCC(=O)CN. The molecule has 0 amide bonds. The molecule has 0 fully saturated rings. The first-order valence-corrected chi connectivity index (χ1v) is 4.14. The van der Waals surface area contributed by atoms with E-state index in [1.807, 2.05) is 0 Å². The molecule has 0 aromatic heterocycles. The molecule has 0 aliphatic rings. The summed E-state index contributed by atoms with van der Waals surface area (Å²) < 4.78 is 0. The zero-order valence-electron chi connectivity index (χ0n) is 7.21. The largest absolute Gasteiger partial charge is 0.324 e. The molecule has 0 unspecified atom stereocenters. The van der Waals surface area contributed by atoms with Gasteiger partial charge in [-0.25, -0.2) is 0 Å². The van der Waals surface area contributed by atoms with Gasteiger partial charge in [0.25, 0.3) is 0 Å². The molecule has 0 saturated carbocycles. The van der Waals surface area contributed by atoms with E-state index in [1.165, 1.54) is 0 Å². The molecular weight excluding hydrogens is 156 g/mol. The highest BCUT2D eigenvalue weighted by molar-refractivity contribution is 5.81. The zero-order chi connectivity index (χ0) is 9.40. The summed E-state index contributed by atoms with van der Waals surface area (Å²) in [5.41, 5.74) is 10.2. The van der Waals surface area contributed by atoms with Gasteiger partial charge in [0.1, 0.15) is 11.6 Å². The average Bonchev–Trinajstić information content (AvgIpc) is 2.11. The second-order valence-electron chi connectivity index (χ2n) is 2.69. The molecule has 0 heterocycles. The first kappa shape index (κ1) is 11.3. The van der Waals surface area contributed by atoms with Crippen molar-refractivity contribution < 1.29 is 9.59 Å². The molecule has 0 rings (SSSR count). The average molecular weight is 172 g/mol. The van der Waals surface area contributed by atoms with Gasteiger partial charge in [-0.05, 0) is 12.8 Å². The lowest BCUT2D eigenvalue weighted by atomic mass is 10.1. The molecule has 0 spiro atoms. The summed E-state index contributed by atoms with van der Waals surface area (Å²) in [7, 11) is 0. The highest BCUT2D eigenvalue weighted by Crippen LogP contribution is 2.00. The number of carbonyl (C=O) groups excluding carboxylic acids is 2. The van der Waals surface area contributed by atoms with Crippen LogP contribution >= 0.6 is 0 Å². The van der Waals surface area contributed by atoms with Crippen LogP contribution in [0.3, 0.4) is 0 Å². The maximum absolute atomic E-state index is 10.7. The van der Waals surface area contributed by atoms with E-state index in [1.54, 1.807) is 0 Å². The number of carbonyl (C=O) groups is 2. The lowest BCUT2D eigenvalue weighted by Crippen LogP contribution is -2.14. The van der Waals surface area contributed by atoms with Crippen LogP contribution in [0.15, 0.2) is 0 Å². The van der Waals surface area contributed by atoms with E-state index in [0.717, 1.165) is 12.8 Å². The lowest BCUT2D eigenvalue weighted by molar-refractivity contribution is -0.119. The molecule has 0 aromatic rings. The molecular formula is C8H16N2O2. The van der Waals surface area contributed by atoms with Crippen LogP contribution < -0.4 is 11.5 Å². The van der Waals surface area contributed by atoms with Gasteiger partial charge < -0.3 is 11.5 Å². The minimum atomic E-state index is 0.0511. The maximum atomic E-state index is 10.7. The topological polar surface area (TPSA) is 86.2 Å². The van der Waals surface area contributed by atoms with Crippen LogP contribution in [0.1, 0.15) is 25.7 Å². The van der Waals surface area contributed by atoms with E-state index in [9.17, 15) is 9.59 Å². The Labute approximate surface area is 72.3 Å². The van der Waals surface area contributed by atoms with Crippen LogP contribution in [0.2, 0.25) is 0 Å². The fraction of sp³-hybridized carbons (Fsp3) is 0.750. The van der Waals surface area contributed by atoms with Crippen molar-refractivity contribution in [2.75, 3.05) is 13.1 Å². The summed E-state index contributed by atoms with van der Waals surface area (Å²) in [4.78, 5) is 21.4. The number of nitrogens with two attached hydrogens (primary N) is 2. The van der Waals surface area contributed by atoms with Gasteiger partial charge in [0.15, 0.2) is 0 Å². The molecule has 12 heavy (non-hydrogen) atoms. The van der Waals surface area contributed by atoms with Crippen molar-refractivity contribution in [3.63, 3.8) is 0 Å². The molecule has 4 heteroatoms. The maximum Gasteiger partial charge on any atom is 0.146 e. The van der Waals surface area contributed by atoms with Gasteiger partial charge >= 0.3 is 0 Å². The number of hydrogen-bond donors (Lipinski definition) is 2. The Morgan fingerprint density at radius 2 is 1.17 bits per heavy atom. The standard InChI is InChI=1S/C8H16N2O2/c9-5-7(11)3-1-2-4-8(12)6-10/h1-6,9-10H2. The highest BCUT2D eigenvalue weighted by atomic mass is 16.1. The van der Waals surface area contributed by atoms with Gasteiger partial charge in [-0.2, -0.15) is 0 Å². The normalized spacial score (nSPS) is 9.83. The summed E-state index contributed by atoms with van der Waals surface area (Å²) in [6.45, 7) is 0.204. The van der Waals surface area contributed by atoms with E-state index >= 15 is 0 Å². The van der Waals surface area contributed by atoms with E-state index in [4.69, 9.17) is 11.5 Å². The fourth-order valence-corrected chi connectivity index (χ4v) is 0.848. The molecule has 0 atom stereocenters. The first-order chi connectivity index (χ1) is 5.70. The van der Waals surface area contributed by atoms with Gasteiger partial charge in [0, 0.05) is 12.8 Å². The molecule has 0 aliphatic carbocycles. The van der Waals surface area contributed by atoms with Gasteiger partial charge in [0.2, 0.25) is 0 Å². The predicted octanol–water partition coefficient (Wildman–Crippen LogP) is -0.398. The van der Waals surface area contributed by atoms with Crippen molar-refractivity contribution in [2.45, 2.75) is 25.7 Å². The Morgan fingerprint density at radius 1 is 0.833 bits per heavy atom. The number of ketones is 2. The fourth-order valence-electron chi connectivity index (χ4n) is 0.848. The van der Waals surface area contributed by atoms with E-state index < -0.39 is 0 Å². The Morgan fingerprint density at radius 3 is 1.42 bits per heavy atom. The number of unbranched alkanes of at least 4 members (excludes halogenated alkanes) is 1. The van der Waals surface area contributed by atoms with Crippen LogP contribution in [0, 0.1) is 0 Å². The second-order valence-corrected chi connectivity index (χ2v) is 2.69. The summed E-state index contributed by atoms with van der Waals surface area (Å²) in [5, 5.41) is 0. The Kier molecular flexibility index (Phi) is 6.51. The third-order valence-electron chi connectivity index (χ3n) is 1.62. The van der Waals surface area contributed by atoms with Gasteiger partial charge in [-0.3, -0.25) is 9.59 Å². The summed E-state index contributed by atoms with van der Waals surface area (Å²) in [6.07, 6.45) is 2.44. The zero-order valence-corrected chi connectivity index (χ0v) is 7.21. The van der Waals surface area contributed by atoms with Gasteiger partial charge in [0.05, 0.1) is 13.1 Å². The number of rotatable bonds is 7. The molecule has 4 nitrogen and oxygen atoms in total. The van der Waals surface area contributed by atoms with E-state index in [0.29, 0.717) is 12.8 Å².